The average Bonchev–Trinajstić information content (AvgIpc) is 2.81. The second kappa shape index (κ2) is 8.84. The largest absolute Gasteiger partial charge is 0.299 e. The molecule has 0 spiro atoms. The molecule has 0 unspecified atom stereocenters. The van der Waals surface area contributed by atoms with Crippen molar-refractivity contribution >= 4 is 9.84 Å². The minimum Gasteiger partial charge on any atom is -0.299 e. The summed E-state index contributed by atoms with van der Waals surface area (Å²) in [5, 5.41) is 0. The molecule has 0 radical (unpaired) electrons. The molecule has 0 aromatic heterocycles. The molecular weight excluding hydrogens is 414 g/mol. The van der Waals surface area contributed by atoms with Crippen LogP contribution in [0.4, 0.5) is 0 Å². The SMILES string of the molecule is O=S(=O)(c1ccccc1)C1(CCCN2CCc3ccc(-c4ccccc4)cc3C2)CCC1. The van der Waals surface area contributed by atoms with E-state index < -0.39 is 14.6 Å². The summed E-state index contributed by atoms with van der Waals surface area (Å²) >= 11 is 0. The van der Waals surface area contributed by atoms with Gasteiger partial charge >= 0.3 is 0 Å². The summed E-state index contributed by atoms with van der Waals surface area (Å²) in [5.74, 6) is 0. The van der Waals surface area contributed by atoms with E-state index >= 15 is 0 Å². The maximum atomic E-state index is 13.3. The van der Waals surface area contributed by atoms with Gasteiger partial charge in [0.15, 0.2) is 9.84 Å². The first kappa shape index (κ1) is 21.4. The van der Waals surface area contributed by atoms with Crippen molar-refractivity contribution in [2.45, 2.75) is 54.7 Å². The first-order chi connectivity index (χ1) is 15.6. The standard InChI is InChI=1S/C28H31NO2S/c30-32(31,27-11-5-2-6-12-27)28(16-7-17-28)18-8-19-29-20-15-24-13-14-25(21-26(24)22-29)23-9-3-1-4-10-23/h1-6,9-14,21H,7-8,15-20,22H2. The van der Waals surface area contributed by atoms with Gasteiger partial charge in [-0.3, -0.25) is 4.90 Å². The summed E-state index contributed by atoms with van der Waals surface area (Å²) in [4.78, 5) is 2.98. The van der Waals surface area contributed by atoms with E-state index in [1.807, 2.05) is 18.2 Å². The van der Waals surface area contributed by atoms with Crippen LogP contribution in [-0.4, -0.2) is 31.2 Å². The number of rotatable bonds is 7. The van der Waals surface area contributed by atoms with E-state index in [4.69, 9.17) is 0 Å². The van der Waals surface area contributed by atoms with Crippen LogP contribution in [-0.2, 0) is 22.8 Å². The quantitative estimate of drug-likeness (QED) is 0.455. The number of fused-ring (bicyclic) bond motifs is 1. The lowest BCUT2D eigenvalue weighted by molar-refractivity contribution is 0.230. The summed E-state index contributed by atoms with van der Waals surface area (Å²) in [6, 6.07) is 26.4. The van der Waals surface area contributed by atoms with Crippen LogP contribution in [0.2, 0.25) is 0 Å². The minimum absolute atomic E-state index is 0.486. The lowest BCUT2D eigenvalue weighted by atomic mass is 9.81. The first-order valence-electron chi connectivity index (χ1n) is 11.8. The highest BCUT2D eigenvalue weighted by atomic mass is 32.2. The average molecular weight is 446 g/mol. The lowest BCUT2D eigenvalue weighted by Gasteiger charge is -2.41. The third-order valence-corrected chi connectivity index (χ3v) is 10.0. The van der Waals surface area contributed by atoms with Gasteiger partial charge < -0.3 is 0 Å². The van der Waals surface area contributed by atoms with Gasteiger partial charge in [0.25, 0.3) is 0 Å². The summed E-state index contributed by atoms with van der Waals surface area (Å²) in [6.07, 6.45) is 5.38. The minimum atomic E-state index is -3.27. The molecule has 5 rings (SSSR count). The van der Waals surface area contributed by atoms with Crippen molar-refractivity contribution in [2.24, 2.45) is 0 Å². The van der Waals surface area contributed by atoms with Crippen molar-refractivity contribution in [3.8, 4) is 11.1 Å². The highest BCUT2D eigenvalue weighted by Gasteiger charge is 2.48. The van der Waals surface area contributed by atoms with Crippen molar-refractivity contribution in [2.75, 3.05) is 13.1 Å². The zero-order valence-corrected chi connectivity index (χ0v) is 19.4. The Hall–Kier alpha value is -2.43. The van der Waals surface area contributed by atoms with Crippen LogP contribution in [0, 0.1) is 0 Å². The van der Waals surface area contributed by atoms with Crippen LogP contribution >= 0.6 is 0 Å². The Bertz CT molecular complexity index is 1170. The van der Waals surface area contributed by atoms with Gasteiger partial charge in [0.1, 0.15) is 0 Å². The molecule has 4 heteroatoms. The summed E-state index contributed by atoms with van der Waals surface area (Å²) in [6.45, 7) is 2.96. The van der Waals surface area contributed by atoms with Gasteiger partial charge in [-0.15, -0.1) is 0 Å². The van der Waals surface area contributed by atoms with Gasteiger partial charge in [0.2, 0.25) is 0 Å². The Morgan fingerprint density at radius 2 is 1.53 bits per heavy atom. The molecule has 3 aromatic rings. The third kappa shape index (κ3) is 4.02. The van der Waals surface area contributed by atoms with Gasteiger partial charge in [-0.2, -0.15) is 0 Å². The van der Waals surface area contributed by atoms with Crippen LogP contribution in [0.5, 0.6) is 0 Å². The van der Waals surface area contributed by atoms with E-state index in [-0.39, 0.29) is 0 Å². The molecule has 0 saturated heterocycles. The van der Waals surface area contributed by atoms with E-state index in [0.29, 0.717) is 4.90 Å². The van der Waals surface area contributed by atoms with E-state index in [0.717, 1.165) is 58.2 Å². The molecule has 1 heterocycles. The summed E-state index contributed by atoms with van der Waals surface area (Å²) in [7, 11) is -3.27. The van der Waals surface area contributed by atoms with Crippen LogP contribution in [0.15, 0.2) is 83.8 Å². The molecule has 32 heavy (non-hydrogen) atoms. The molecule has 1 fully saturated rings. The zero-order chi connectivity index (χ0) is 22.0. The monoisotopic (exact) mass is 445 g/mol. The predicted molar refractivity (Wildman–Crippen MR) is 130 cm³/mol. The summed E-state index contributed by atoms with van der Waals surface area (Å²) < 4.78 is 26.1. The lowest BCUT2D eigenvalue weighted by Crippen LogP contribution is -2.45. The van der Waals surface area contributed by atoms with E-state index in [1.165, 1.54) is 22.3 Å². The Labute approximate surface area is 192 Å². The molecular formula is C28H31NO2S. The van der Waals surface area contributed by atoms with Crippen molar-refractivity contribution < 1.29 is 8.42 Å². The maximum Gasteiger partial charge on any atom is 0.184 e. The second-order valence-electron chi connectivity index (χ2n) is 9.33. The van der Waals surface area contributed by atoms with Gasteiger partial charge in [-0.1, -0.05) is 67.1 Å². The van der Waals surface area contributed by atoms with E-state index in [2.05, 4.69) is 53.4 Å². The number of benzene rings is 3. The first-order valence-corrected chi connectivity index (χ1v) is 13.3. The van der Waals surface area contributed by atoms with Crippen molar-refractivity contribution in [1.82, 2.24) is 4.90 Å². The fourth-order valence-electron chi connectivity index (χ4n) is 5.32. The van der Waals surface area contributed by atoms with Gasteiger partial charge in [0.05, 0.1) is 9.64 Å². The fourth-order valence-corrected chi connectivity index (χ4v) is 7.57. The van der Waals surface area contributed by atoms with Crippen molar-refractivity contribution in [1.29, 1.82) is 0 Å². The normalized spacial score (nSPS) is 18.0. The Kier molecular flexibility index (Phi) is 5.92. The van der Waals surface area contributed by atoms with Crippen LogP contribution < -0.4 is 0 Å². The molecule has 1 aliphatic heterocycles. The van der Waals surface area contributed by atoms with E-state index in [9.17, 15) is 8.42 Å². The smallest absolute Gasteiger partial charge is 0.184 e. The molecule has 0 bridgehead atoms. The number of nitrogens with zero attached hydrogens (tertiary/aromatic N) is 1. The highest BCUT2D eigenvalue weighted by Crippen LogP contribution is 2.46. The van der Waals surface area contributed by atoms with Crippen molar-refractivity contribution in [3.63, 3.8) is 0 Å². The molecule has 3 aromatic carbocycles. The molecule has 0 atom stereocenters. The Morgan fingerprint density at radius 3 is 2.22 bits per heavy atom. The van der Waals surface area contributed by atoms with Crippen LogP contribution in [0.1, 0.15) is 43.2 Å². The maximum absolute atomic E-state index is 13.3. The molecule has 166 valence electrons. The molecule has 1 saturated carbocycles. The van der Waals surface area contributed by atoms with Crippen molar-refractivity contribution in [3.05, 3.63) is 90.0 Å². The predicted octanol–water partition coefficient (Wildman–Crippen LogP) is 5.89. The number of hydrogen-bond donors (Lipinski definition) is 0. The van der Waals surface area contributed by atoms with Gasteiger partial charge in [0, 0.05) is 13.1 Å². The summed E-state index contributed by atoms with van der Waals surface area (Å²) in [5.41, 5.74) is 5.38. The number of sulfone groups is 1. The second-order valence-corrected chi connectivity index (χ2v) is 11.7. The molecule has 0 amide bonds. The number of hydrogen-bond acceptors (Lipinski definition) is 3. The van der Waals surface area contributed by atoms with Crippen LogP contribution in [0.3, 0.4) is 0 Å². The molecule has 0 N–H and O–H groups in total. The molecule has 3 nitrogen and oxygen atoms in total. The van der Waals surface area contributed by atoms with E-state index in [1.54, 1.807) is 12.1 Å². The van der Waals surface area contributed by atoms with Gasteiger partial charge in [-0.05, 0) is 79.1 Å². The third-order valence-electron chi connectivity index (χ3n) is 7.40. The molecule has 1 aliphatic carbocycles. The zero-order valence-electron chi connectivity index (χ0n) is 18.5. The highest BCUT2D eigenvalue weighted by molar-refractivity contribution is 7.93. The molecule has 2 aliphatic rings. The van der Waals surface area contributed by atoms with Gasteiger partial charge in [-0.25, -0.2) is 8.42 Å². The van der Waals surface area contributed by atoms with Crippen LogP contribution in [0.25, 0.3) is 11.1 Å². The topological polar surface area (TPSA) is 37.4 Å². The Morgan fingerprint density at radius 1 is 0.812 bits per heavy atom. The fraction of sp³-hybridized carbons (Fsp3) is 0.357. The Balaban J connectivity index is 1.24.